The van der Waals surface area contributed by atoms with Gasteiger partial charge in [-0.05, 0) is 56.7 Å². The molecule has 0 bridgehead atoms. The minimum absolute atomic E-state index is 0.00182. The van der Waals surface area contributed by atoms with Crippen LogP contribution < -0.4 is 10.6 Å². The van der Waals surface area contributed by atoms with Gasteiger partial charge in [-0.1, -0.05) is 34.1 Å². The third-order valence-electron chi connectivity index (χ3n) is 3.52. The summed E-state index contributed by atoms with van der Waals surface area (Å²) in [6.45, 7) is 5.32. The quantitative estimate of drug-likeness (QED) is 0.761. The van der Waals surface area contributed by atoms with Crippen molar-refractivity contribution in [2.24, 2.45) is 0 Å². The Labute approximate surface area is 144 Å². The van der Waals surface area contributed by atoms with Crippen molar-refractivity contribution in [2.45, 2.75) is 26.3 Å². The summed E-state index contributed by atoms with van der Waals surface area (Å²) >= 11 is 3.35. The molecule has 0 saturated carbocycles. The highest BCUT2D eigenvalue weighted by Crippen LogP contribution is 2.22. The van der Waals surface area contributed by atoms with E-state index in [1.807, 2.05) is 56.3 Å². The van der Waals surface area contributed by atoms with E-state index in [0.717, 1.165) is 10.0 Å². The molecule has 0 atom stereocenters. The summed E-state index contributed by atoms with van der Waals surface area (Å²) in [5.74, 6) is 0.00182. The molecule has 0 spiro atoms. The third-order valence-corrected chi connectivity index (χ3v) is 4.05. The Balaban J connectivity index is 2.10. The van der Waals surface area contributed by atoms with E-state index < -0.39 is 5.54 Å². The second-order valence-electron chi connectivity index (χ2n) is 5.85. The number of urea groups is 1. The zero-order valence-corrected chi connectivity index (χ0v) is 14.9. The molecular weight excluding hydrogens is 356 g/mol. The molecule has 2 rings (SSSR count). The fraction of sp³-hybridized carbons (Fsp3) is 0.222. The predicted molar refractivity (Wildman–Crippen MR) is 95.8 cm³/mol. The Kier molecular flexibility index (Phi) is 5.21. The molecular formula is C18H19BrN2O2. The topological polar surface area (TPSA) is 58.2 Å². The first-order valence-electron chi connectivity index (χ1n) is 7.24. The summed E-state index contributed by atoms with van der Waals surface area (Å²) in [7, 11) is 0. The summed E-state index contributed by atoms with van der Waals surface area (Å²) in [5.41, 5.74) is 1.60. The van der Waals surface area contributed by atoms with E-state index in [1.54, 1.807) is 6.07 Å². The summed E-state index contributed by atoms with van der Waals surface area (Å²) < 4.78 is 0.949. The van der Waals surface area contributed by atoms with Crippen LogP contribution in [0.3, 0.4) is 0 Å². The predicted octanol–water partition coefficient (Wildman–Crippen LogP) is 4.71. The van der Waals surface area contributed by atoms with E-state index in [2.05, 4.69) is 26.6 Å². The maximum absolute atomic E-state index is 12.2. The number of carbonyl (C=O) groups excluding carboxylic acids is 2. The Bertz CT molecular complexity index is 724. The number of amides is 2. The van der Waals surface area contributed by atoms with Crippen LogP contribution >= 0.6 is 15.9 Å². The molecule has 0 fully saturated rings. The van der Waals surface area contributed by atoms with Crippen molar-refractivity contribution in [3.8, 4) is 0 Å². The number of hydrogen-bond donors (Lipinski definition) is 2. The second kappa shape index (κ2) is 6.96. The highest BCUT2D eigenvalue weighted by Gasteiger charge is 2.23. The van der Waals surface area contributed by atoms with Crippen LogP contribution in [0.15, 0.2) is 53.0 Å². The molecule has 0 aliphatic rings. The molecule has 0 heterocycles. The van der Waals surface area contributed by atoms with Crippen molar-refractivity contribution in [1.29, 1.82) is 0 Å². The molecule has 4 nitrogen and oxygen atoms in total. The van der Waals surface area contributed by atoms with Crippen LogP contribution in [-0.4, -0.2) is 11.8 Å². The number of hydrogen-bond acceptors (Lipinski definition) is 2. The average molecular weight is 375 g/mol. The van der Waals surface area contributed by atoms with Crippen molar-refractivity contribution in [1.82, 2.24) is 5.32 Å². The first kappa shape index (κ1) is 17.2. The number of benzene rings is 2. The summed E-state index contributed by atoms with van der Waals surface area (Å²) in [6, 6.07) is 14.3. The van der Waals surface area contributed by atoms with Gasteiger partial charge in [0.1, 0.15) is 0 Å². The molecule has 2 amide bonds. The molecule has 2 N–H and O–H groups in total. The van der Waals surface area contributed by atoms with Crippen LogP contribution in [0, 0.1) is 0 Å². The van der Waals surface area contributed by atoms with Crippen LogP contribution in [0.5, 0.6) is 0 Å². The minimum Gasteiger partial charge on any atom is -0.329 e. The zero-order chi connectivity index (χ0) is 17.0. The molecule has 2 aromatic carbocycles. The molecule has 120 valence electrons. The van der Waals surface area contributed by atoms with E-state index in [4.69, 9.17) is 0 Å². The highest BCUT2D eigenvalue weighted by molar-refractivity contribution is 9.10. The van der Waals surface area contributed by atoms with E-state index >= 15 is 0 Å². The monoisotopic (exact) mass is 374 g/mol. The molecule has 0 aliphatic heterocycles. The standard InChI is InChI=1S/C18H19BrN2O2/c1-12(22)13-5-4-6-14(11-13)18(2,3)21-17(23)20-16-9-7-15(19)8-10-16/h4-11H,1-3H3,(H2,20,21,23). The van der Waals surface area contributed by atoms with Gasteiger partial charge in [0.15, 0.2) is 5.78 Å². The Morgan fingerprint density at radius 2 is 1.70 bits per heavy atom. The number of rotatable bonds is 4. The maximum atomic E-state index is 12.2. The van der Waals surface area contributed by atoms with Crippen molar-refractivity contribution >= 4 is 33.4 Å². The zero-order valence-electron chi connectivity index (χ0n) is 13.3. The summed E-state index contributed by atoms with van der Waals surface area (Å²) in [5, 5.41) is 5.72. The van der Waals surface area contributed by atoms with Crippen LogP contribution in [0.4, 0.5) is 10.5 Å². The van der Waals surface area contributed by atoms with E-state index in [9.17, 15) is 9.59 Å². The van der Waals surface area contributed by atoms with Gasteiger partial charge in [0, 0.05) is 15.7 Å². The number of ketones is 1. The van der Waals surface area contributed by atoms with E-state index in [-0.39, 0.29) is 11.8 Å². The van der Waals surface area contributed by atoms with Crippen molar-refractivity contribution < 1.29 is 9.59 Å². The van der Waals surface area contributed by atoms with Gasteiger partial charge in [0.05, 0.1) is 5.54 Å². The third kappa shape index (κ3) is 4.66. The second-order valence-corrected chi connectivity index (χ2v) is 6.76. The van der Waals surface area contributed by atoms with E-state index in [1.165, 1.54) is 6.92 Å². The van der Waals surface area contributed by atoms with Gasteiger partial charge in [-0.2, -0.15) is 0 Å². The maximum Gasteiger partial charge on any atom is 0.319 e. The van der Waals surface area contributed by atoms with Crippen LogP contribution in [0.2, 0.25) is 0 Å². The molecule has 2 aromatic rings. The SMILES string of the molecule is CC(=O)c1cccc(C(C)(C)NC(=O)Nc2ccc(Br)cc2)c1. The minimum atomic E-state index is -0.606. The molecule has 23 heavy (non-hydrogen) atoms. The van der Waals surface area contributed by atoms with Gasteiger partial charge in [-0.3, -0.25) is 4.79 Å². The van der Waals surface area contributed by atoms with Crippen LogP contribution in [0.25, 0.3) is 0 Å². The number of nitrogens with one attached hydrogen (secondary N) is 2. The van der Waals surface area contributed by atoms with Gasteiger partial charge < -0.3 is 10.6 Å². The largest absolute Gasteiger partial charge is 0.329 e. The van der Waals surface area contributed by atoms with E-state index in [0.29, 0.717) is 11.3 Å². The molecule has 5 heteroatoms. The van der Waals surface area contributed by atoms with Crippen LogP contribution in [-0.2, 0) is 5.54 Å². The smallest absolute Gasteiger partial charge is 0.319 e. The highest BCUT2D eigenvalue weighted by atomic mass is 79.9. The lowest BCUT2D eigenvalue weighted by molar-refractivity contribution is 0.101. The Hall–Kier alpha value is -2.14. The fourth-order valence-electron chi connectivity index (χ4n) is 2.18. The van der Waals surface area contributed by atoms with Gasteiger partial charge in [0.25, 0.3) is 0 Å². The van der Waals surface area contributed by atoms with Gasteiger partial charge in [0.2, 0.25) is 0 Å². The molecule has 0 radical (unpaired) electrons. The summed E-state index contributed by atoms with van der Waals surface area (Å²) in [4.78, 5) is 23.7. The summed E-state index contributed by atoms with van der Waals surface area (Å²) in [6.07, 6.45) is 0. The van der Waals surface area contributed by atoms with Crippen molar-refractivity contribution in [3.05, 3.63) is 64.1 Å². The average Bonchev–Trinajstić information content (AvgIpc) is 2.49. The van der Waals surface area contributed by atoms with Crippen molar-refractivity contribution in [2.75, 3.05) is 5.32 Å². The first-order chi connectivity index (χ1) is 10.8. The lowest BCUT2D eigenvalue weighted by atomic mass is 9.92. The lowest BCUT2D eigenvalue weighted by Crippen LogP contribution is -2.43. The molecule has 0 aliphatic carbocycles. The number of Topliss-reactive ketones (excluding diaryl/α,β-unsaturated/α-hetero) is 1. The normalized spacial score (nSPS) is 11.0. The molecule has 0 saturated heterocycles. The number of halogens is 1. The van der Waals surface area contributed by atoms with Crippen molar-refractivity contribution in [3.63, 3.8) is 0 Å². The van der Waals surface area contributed by atoms with Gasteiger partial charge in [-0.25, -0.2) is 4.79 Å². The fourth-order valence-corrected chi connectivity index (χ4v) is 2.44. The van der Waals surface area contributed by atoms with Crippen LogP contribution in [0.1, 0.15) is 36.7 Å². The number of anilines is 1. The van der Waals surface area contributed by atoms with Gasteiger partial charge >= 0.3 is 6.03 Å². The molecule has 0 aromatic heterocycles. The Morgan fingerprint density at radius 3 is 2.30 bits per heavy atom. The Morgan fingerprint density at radius 1 is 1.04 bits per heavy atom. The number of carbonyl (C=O) groups is 2. The first-order valence-corrected chi connectivity index (χ1v) is 8.03. The van der Waals surface area contributed by atoms with Gasteiger partial charge in [-0.15, -0.1) is 0 Å². The lowest BCUT2D eigenvalue weighted by Gasteiger charge is -2.27. The molecule has 0 unspecified atom stereocenters.